The number of benzene rings is 2. The predicted octanol–water partition coefficient (Wildman–Crippen LogP) is 4.42. The number of aliphatic hydroxyl groups excluding tert-OH is 2. The van der Waals surface area contributed by atoms with Crippen molar-refractivity contribution < 1.29 is 24.9 Å². The summed E-state index contributed by atoms with van der Waals surface area (Å²) in [6.07, 6.45) is 7.80. The average molecular weight is 449 g/mol. The number of hydrogen-bond acceptors (Lipinski definition) is 4. The summed E-state index contributed by atoms with van der Waals surface area (Å²) < 4.78 is 6.36. The van der Waals surface area contributed by atoms with E-state index < -0.39 is 18.2 Å². The summed E-state index contributed by atoms with van der Waals surface area (Å²) in [5.41, 5.74) is 2.88. The van der Waals surface area contributed by atoms with Gasteiger partial charge in [-0.1, -0.05) is 55.0 Å². The molecule has 3 aliphatic rings. The van der Waals surface area contributed by atoms with Crippen molar-refractivity contribution in [2.45, 2.75) is 69.2 Å². The summed E-state index contributed by atoms with van der Waals surface area (Å²) >= 11 is 0. The fraction of sp³-hybridized carbons (Fsp3) is 0.464. The molecule has 2 aliphatic carbocycles. The summed E-state index contributed by atoms with van der Waals surface area (Å²) in [6.45, 7) is 1.80. The van der Waals surface area contributed by atoms with Crippen molar-refractivity contribution in [2.24, 2.45) is 11.8 Å². The number of hydrogen-bond donors (Lipinski definition) is 3. The third-order valence-electron chi connectivity index (χ3n) is 8.30. The first-order valence-corrected chi connectivity index (χ1v) is 12.0. The number of carboxylic acids is 1. The molecule has 0 spiro atoms. The molecule has 2 saturated carbocycles. The Bertz CT molecular complexity index is 1060. The molecular weight excluding hydrogens is 416 g/mol. The van der Waals surface area contributed by atoms with Crippen molar-refractivity contribution >= 4 is 5.97 Å². The van der Waals surface area contributed by atoms with Gasteiger partial charge in [-0.3, -0.25) is 0 Å². The molecule has 5 rings (SSSR count). The highest BCUT2D eigenvalue weighted by Crippen LogP contribution is 2.48. The van der Waals surface area contributed by atoms with Crippen LogP contribution in [0.25, 0.3) is 0 Å². The topological polar surface area (TPSA) is 87.0 Å². The Kier molecular flexibility index (Phi) is 5.79. The van der Waals surface area contributed by atoms with Gasteiger partial charge in [-0.05, 0) is 49.8 Å². The largest absolute Gasteiger partial charge is 0.489 e. The summed E-state index contributed by atoms with van der Waals surface area (Å²) in [5.74, 6) is -0.259. The number of ether oxygens (including phenoxy) is 1. The first-order chi connectivity index (χ1) is 15.9. The van der Waals surface area contributed by atoms with Crippen LogP contribution in [0, 0.1) is 18.8 Å². The zero-order chi connectivity index (χ0) is 23.2. The Morgan fingerprint density at radius 3 is 2.61 bits per heavy atom. The van der Waals surface area contributed by atoms with Gasteiger partial charge in [-0.15, -0.1) is 0 Å². The second kappa shape index (κ2) is 8.62. The first-order valence-electron chi connectivity index (χ1n) is 12.0. The molecule has 0 amide bonds. The molecule has 0 aromatic heterocycles. The quantitative estimate of drug-likeness (QED) is 0.590. The third kappa shape index (κ3) is 3.77. The van der Waals surface area contributed by atoms with Crippen molar-refractivity contribution in [3.63, 3.8) is 0 Å². The van der Waals surface area contributed by atoms with Gasteiger partial charge in [-0.2, -0.15) is 0 Å². The number of carboxylic acid groups (broad SMARTS) is 1. The number of aryl methyl sites for hydroxylation is 1. The number of carbonyl (C=O) groups is 1. The van der Waals surface area contributed by atoms with Crippen LogP contribution in [0.1, 0.15) is 59.2 Å². The fourth-order valence-electron chi connectivity index (χ4n) is 6.20. The van der Waals surface area contributed by atoms with E-state index in [1.807, 2.05) is 36.4 Å². The van der Waals surface area contributed by atoms with Gasteiger partial charge in [0.2, 0.25) is 0 Å². The Balaban J connectivity index is 1.36. The highest BCUT2D eigenvalue weighted by molar-refractivity contribution is 5.90. The molecule has 1 heterocycles. The fourth-order valence-corrected chi connectivity index (χ4v) is 6.20. The van der Waals surface area contributed by atoms with Crippen LogP contribution in [-0.4, -0.2) is 39.6 Å². The number of aromatic carboxylic acids is 1. The van der Waals surface area contributed by atoms with Crippen molar-refractivity contribution in [3.8, 4) is 5.75 Å². The highest BCUT2D eigenvalue weighted by Gasteiger charge is 2.46. The smallest absolute Gasteiger partial charge is 0.336 e. The molecule has 0 saturated heterocycles. The van der Waals surface area contributed by atoms with E-state index in [0.717, 1.165) is 37.7 Å². The normalized spacial score (nSPS) is 28.8. The zero-order valence-corrected chi connectivity index (χ0v) is 19.0. The molecule has 33 heavy (non-hydrogen) atoms. The Hall–Kier alpha value is -2.63. The van der Waals surface area contributed by atoms with Crippen molar-refractivity contribution in [1.82, 2.24) is 0 Å². The van der Waals surface area contributed by atoms with E-state index in [-0.39, 0.29) is 28.9 Å². The lowest BCUT2D eigenvalue weighted by atomic mass is 9.61. The second-order valence-electron chi connectivity index (χ2n) is 9.98. The van der Waals surface area contributed by atoms with Crippen LogP contribution in [0.3, 0.4) is 0 Å². The molecule has 2 aromatic carbocycles. The van der Waals surface area contributed by atoms with E-state index in [4.69, 9.17) is 4.74 Å². The average Bonchev–Trinajstić information content (AvgIpc) is 2.93. The maximum Gasteiger partial charge on any atom is 0.336 e. The second-order valence-corrected chi connectivity index (χ2v) is 9.98. The van der Waals surface area contributed by atoms with Gasteiger partial charge in [0, 0.05) is 29.2 Å². The summed E-state index contributed by atoms with van der Waals surface area (Å²) in [6, 6.07) is 13.8. The number of fused-ring (bicyclic) bond motifs is 2. The molecule has 5 nitrogen and oxygen atoms in total. The van der Waals surface area contributed by atoms with Gasteiger partial charge in [-0.25, -0.2) is 4.79 Å². The maximum absolute atomic E-state index is 11.6. The molecule has 2 aromatic rings. The van der Waals surface area contributed by atoms with E-state index in [1.54, 1.807) is 13.0 Å². The van der Waals surface area contributed by atoms with Gasteiger partial charge in [0.15, 0.2) is 0 Å². The third-order valence-corrected chi connectivity index (χ3v) is 8.30. The van der Waals surface area contributed by atoms with Gasteiger partial charge >= 0.3 is 5.97 Å². The molecule has 1 unspecified atom stereocenters. The van der Waals surface area contributed by atoms with Crippen LogP contribution in [-0.2, 0) is 11.8 Å². The molecule has 3 N–H and O–H groups in total. The molecule has 0 bridgehead atoms. The highest BCUT2D eigenvalue weighted by atomic mass is 16.5. The summed E-state index contributed by atoms with van der Waals surface area (Å²) in [4.78, 5) is 11.6. The van der Waals surface area contributed by atoms with Crippen LogP contribution < -0.4 is 4.74 Å². The minimum atomic E-state index is -0.954. The lowest BCUT2D eigenvalue weighted by molar-refractivity contribution is 0.0614. The van der Waals surface area contributed by atoms with Crippen LogP contribution in [0.4, 0.5) is 0 Å². The zero-order valence-electron chi connectivity index (χ0n) is 19.0. The van der Waals surface area contributed by atoms with E-state index in [9.17, 15) is 20.1 Å². The number of rotatable bonds is 5. The predicted molar refractivity (Wildman–Crippen MR) is 126 cm³/mol. The molecule has 174 valence electrons. The molecule has 5 heteroatoms. The molecule has 2 fully saturated rings. The van der Waals surface area contributed by atoms with Crippen LogP contribution >= 0.6 is 0 Å². The van der Waals surface area contributed by atoms with Gasteiger partial charge in [0.25, 0.3) is 0 Å². The number of aliphatic hydroxyl groups is 2. The summed E-state index contributed by atoms with van der Waals surface area (Å²) in [7, 11) is 0. The van der Waals surface area contributed by atoms with Gasteiger partial charge in [0.05, 0.1) is 17.8 Å². The summed E-state index contributed by atoms with van der Waals surface area (Å²) in [5, 5.41) is 31.5. The minimum absolute atomic E-state index is 0.0916. The lowest BCUT2D eigenvalue weighted by Crippen LogP contribution is -2.44. The van der Waals surface area contributed by atoms with Crippen LogP contribution in [0.5, 0.6) is 5.75 Å². The Morgan fingerprint density at radius 1 is 1.18 bits per heavy atom. The van der Waals surface area contributed by atoms with Crippen LogP contribution in [0.2, 0.25) is 0 Å². The lowest BCUT2D eigenvalue weighted by Gasteiger charge is -2.45. The van der Waals surface area contributed by atoms with E-state index in [1.165, 1.54) is 5.56 Å². The van der Waals surface area contributed by atoms with E-state index in [0.29, 0.717) is 17.7 Å². The molecule has 0 radical (unpaired) electrons. The Labute approximate surface area is 194 Å². The standard InChI is InChI=1S/C28H32O5/c1-17-20(27(31)32)10-8-18-9-11-22-21(23(29)16-24(22)33-26(17)18)12-13-25(30)28(14-5-15-28)19-6-3-2-4-7-19/h2-4,6-8,10,12-13,21-25,29-30H,5,9,11,14-16H2,1H3,(H,31,32)/b13-12+/t21-,22-,23-,24+,25?/m1/s1. The first kappa shape index (κ1) is 22.2. The van der Waals surface area contributed by atoms with Crippen molar-refractivity contribution in [1.29, 1.82) is 0 Å². The molecular formula is C28H32O5. The SMILES string of the molecule is Cc1c(C(=O)O)ccc2c1O[C@H]1C[C@@H](O)[C@H](/C=C/C(O)C3(c4ccccc4)CCC3)[C@H]1CC2. The maximum atomic E-state index is 11.6. The molecule has 5 atom stereocenters. The van der Waals surface area contributed by atoms with Crippen molar-refractivity contribution in [2.75, 3.05) is 0 Å². The molecule has 1 aliphatic heterocycles. The van der Waals surface area contributed by atoms with Crippen molar-refractivity contribution in [3.05, 3.63) is 76.9 Å². The van der Waals surface area contributed by atoms with E-state index in [2.05, 4.69) is 12.1 Å². The van der Waals surface area contributed by atoms with E-state index >= 15 is 0 Å². The van der Waals surface area contributed by atoms with Gasteiger partial charge < -0.3 is 20.1 Å². The van der Waals surface area contributed by atoms with Gasteiger partial charge in [0.1, 0.15) is 11.9 Å². The minimum Gasteiger partial charge on any atom is -0.489 e. The Morgan fingerprint density at radius 2 is 1.94 bits per heavy atom. The van der Waals surface area contributed by atoms with Crippen LogP contribution in [0.15, 0.2) is 54.6 Å². The monoisotopic (exact) mass is 448 g/mol.